The van der Waals surface area contributed by atoms with Crippen LogP contribution in [0.15, 0.2) is 12.1 Å². The zero-order valence-electron chi connectivity index (χ0n) is 12.8. The summed E-state index contributed by atoms with van der Waals surface area (Å²) in [5.74, 6) is -0.238. The highest BCUT2D eigenvalue weighted by molar-refractivity contribution is 6.62. The normalized spacial score (nSPS) is 23.3. The highest BCUT2D eigenvalue weighted by Crippen LogP contribution is 2.37. The lowest BCUT2D eigenvalue weighted by atomic mass is 9.78. The van der Waals surface area contributed by atoms with Crippen LogP contribution in [0.3, 0.4) is 0 Å². The highest BCUT2D eigenvalue weighted by Gasteiger charge is 2.52. The second-order valence-electron chi connectivity index (χ2n) is 6.76. The summed E-state index contributed by atoms with van der Waals surface area (Å²) in [4.78, 5) is 2.14. The van der Waals surface area contributed by atoms with Crippen LogP contribution in [0.4, 0.5) is 10.1 Å². The Bertz CT molecular complexity index is 543. The zero-order valence-corrected chi connectivity index (χ0v) is 12.8. The molecule has 0 unspecified atom stereocenters. The summed E-state index contributed by atoms with van der Waals surface area (Å²) in [5, 5.41) is 0. The number of nitrogens with zero attached hydrogens (tertiary/aromatic N) is 1. The van der Waals surface area contributed by atoms with Gasteiger partial charge in [0.05, 0.1) is 11.2 Å². The van der Waals surface area contributed by atoms with Crippen molar-refractivity contribution in [3.8, 4) is 0 Å². The number of likely N-dealkylation sites (N-methyl/N-ethyl adjacent to an activating group) is 1. The molecule has 5 heteroatoms. The van der Waals surface area contributed by atoms with Gasteiger partial charge in [-0.15, -0.1) is 0 Å². The first kappa shape index (κ1) is 13.9. The van der Waals surface area contributed by atoms with Gasteiger partial charge >= 0.3 is 7.12 Å². The maximum atomic E-state index is 14.3. The fourth-order valence-corrected chi connectivity index (χ4v) is 2.73. The number of rotatable bonds is 1. The summed E-state index contributed by atoms with van der Waals surface area (Å²) in [6.45, 7) is 8.84. The number of fused-ring (bicyclic) bond motifs is 1. The maximum Gasteiger partial charge on any atom is 0.497 e. The molecule has 0 atom stereocenters. The predicted molar refractivity (Wildman–Crippen MR) is 79.1 cm³/mol. The van der Waals surface area contributed by atoms with Gasteiger partial charge in [-0.3, -0.25) is 0 Å². The molecular formula is C15H21BFNO2. The largest absolute Gasteiger partial charge is 0.497 e. The van der Waals surface area contributed by atoms with Gasteiger partial charge in [0.25, 0.3) is 0 Å². The van der Waals surface area contributed by atoms with Gasteiger partial charge in [0.1, 0.15) is 5.82 Å². The van der Waals surface area contributed by atoms with Crippen molar-refractivity contribution < 1.29 is 13.7 Å². The van der Waals surface area contributed by atoms with Gasteiger partial charge in [0.2, 0.25) is 0 Å². The van der Waals surface area contributed by atoms with E-state index in [0.29, 0.717) is 5.46 Å². The molecule has 0 saturated carbocycles. The Kier molecular flexibility index (Phi) is 2.93. The minimum Gasteiger partial charge on any atom is -0.399 e. The van der Waals surface area contributed by atoms with Crippen LogP contribution in [0.5, 0.6) is 0 Å². The molecule has 1 aromatic rings. The van der Waals surface area contributed by atoms with E-state index < -0.39 is 18.3 Å². The smallest absolute Gasteiger partial charge is 0.399 e. The van der Waals surface area contributed by atoms with E-state index in [1.807, 2.05) is 40.8 Å². The molecule has 3 nitrogen and oxygen atoms in total. The second-order valence-corrected chi connectivity index (χ2v) is 6.76. The van der Waals surface area contributed by atoms with Crippen LogP contribution < -0.4 is 10.4 Å². The number of benzene rings is 1. The van der Waals surface area contributed by atoms with Gasteiger partial charge in [0.15, 0.2) is 0 Å². The van der Waals surface area contributed by atoms with Crippen LogP contribution >= 0.6 is 0 Å². The lowest BCUT2D eigenvalue weighted by Gasteiger charge is -2.32. The van der Waals surface area contributed by atoms with Crippen LogP contribution in [-0.2, 0) is 15.7 Å². The van der Waals surface area contributed by atoms with Crippen LogP contribution in [0, 0.1) is 5.82 Å². The van der Waals surface area contributed by atoms with Crippen molar-refractivity contribution in [2.24, 2.45) is 0 Å². The van der Waals surface area contributed by atoms with Crippen LogP contribution in [0.2, 0.25) is 0 Å². The summed E-state index contributed by atoms with van der Waals surface area (Å²) >= 11 is 0. The minimum atomic E-state index is -0.640. The molecule has 0 spiro atoms. The highest BCUT2D eigenvalue weighted by atomic mass is 19.1. The fraction of sp³-hybridized carbons (Fsp3) is 0.600. The number of halogens is 1. The summed E-state index contributed by atoms with van der Waals surface area (Å²) < 4.78 is 26.2. The summed E-state index contributed by atoms with van der Waals surface area (Å²) in [5.41, 5.74) is 1.74. The summed E-state index contributed by atoms with van der Waals surface area (Å²) in [7, 11) is 1.39. The van der Waals surface area contributed by atoms with E-state index in [9.17, 15) is 4.39 Å². The van der Waals surface area contributed by atoms with Gasteiger partial charge in [-0.05, 0) is 51.8 Å². The molecule has 108 valence electrons. The SMILES string of the molecule is CN1CCc2cc(F)c(B3OC(C)(C)C(C)(C)O3)cc21. The molecular weight excluding hydrogens is 256 g/mol. The van der Waals surface area contributed by atoms with E-state index in [-0.39, 0.29) is 5.82 Å². The van der Waals surface area contributed by atoms with Gasteiger partial charge in [-0.2, -0.15) is 0 Å². The Morgan fingerprint density at radius 3 is 2.35 bits per heavy atom. The maximum absolute atomic E-state index is 14.3. The molecule has 1 fully saturated rings. The molecule has 1 saturated heterocycles. The van der Waals surface area contributed by atoms with Crippen molar-refractivity contribution in [3.05, 3.63) is 23.5 Å². The molecule has 2 aliphatic rings. The van der Waals surface area contributed by atoms with Crippen molar-refractivity contribution >= 4 is 18.3 Å². The third-order valence-corrected chi connectivity index (χ3v) is 4.83. The average Bonchev–Trinajstić information content (AvgIpc) is 2.77. The lowest BCUT2D eigenvalue weighted by Crippen LogP contribution is -2.41. The number of hydrogen-bond acceptors (Lipinski definition) is 3. The third kappa shape index (κ3) is 1.95. The monoisotopic (exact) mass is 277 g/mol. The van der Waals surface area contributed by atoms with Gasteiger partial charge < -0.3 is 14.2 Å². The molecule has 1 aromatic carbocycles. The Labute approximate surface area is 120 Å². The van der Waals surface area contributed by atoms with Crippen LogP contribution in [0.25, 0.3) is 0 Å². The Balaban J connectivity index is 1.99. The fourth-order valence-electron chi connectivity index (χ4n) is 2.73. The van der Waals surface area contributed by atoms with E-state index in [2.05, 4.69) is 4.90 Å². The minimum absolute atomic E-state index is 0.238. The van der Waals surface area contributed by atoms with E-state index in [4.69, 9.17) is 9.31 Å². The average molecular weight is 277 g/mol. The molecule has 0 bridgehead atoms. The van der Waals surface area contributed by atoms with E-state index >= 15 is 0 Å². The summed E-state index contributed by atoms with van der Waals surface area (Å²) in [6, 6.07) is 3.50. The molecule has 0 aromatic heterocycles. The third-order valence-electron chi connectivity index (χ3n) is 4.83. The van der Waals surface area contributed by atoms with Crippen molar-refractivity contribution in [1.29, 1.82) is 0 Å². The molecule has 2 heterocycles. The second kappa shape index (κ2) is 4.21. The quantitative estimate of drug-likeness (QED) is 0.734. The van der Waals surface area contributed by atoms with Crippen molar-refractivity contribution in [2.75, 3.05) is 18.5 Å². The lowest BCUT2D eigenvalue weighted by molar-refractivity contribution is 0.00578. The van der Waals surface area contributed by atoms with Gasteiger partial charge in [0, 0.05) is 24.7 Å². The standard InChI is InChI=1S/C15H21BFNO2/c1-14(2)15(3,4)20-16(19-14)11-9-13-10(8-12(11)17)6-7-18(13)5/h8-9H,6-7H2,1-5H3. The molecule has 0 aliphatic carbocycles. The number of anilines is 1. The Morgan fingerprint density at radius 1 is 1.15 bits per heavy atom. The Hall–Kier alpha value is -1.07. The topological polar surface area (TPSA) is 21.7 Å². The molecule has 0 amide bonds. The molecule has 20 heavy (non-hydrogen) atoms. The Morgan fingerprint density at radius 2 is 1.75 bits per heavy atom. The van der Waals surface area contributed by atoms with E-state index in [0.717, 1.165) is 24.2 Å². The van der Waals surface area contributed by atoms with Crippen LogP contribution in [-0.4, -0.2) is 31.9 Å². The summed E-state index contributed by atoms with van der Waals surface area (Å²) in [6.07, 6.45) is 0.895. The number of hydrogen-bond donors (Lipinski definition) is 0. The van der Waals surface area contributed by atoms with Crippen molar-refractivity contribution in [1.82, 2.24) is 0 Å². The molecule has 3 rings (SSSR count). The van der Waals surface area contributed by atoms with Crippen LogP contribution in [0.1, 0.15) is 33.3 Å². The van der Waals surface area contributed by atoms with Gasteiger partial charge in [-0.1, -0.05) is 0 Å². The first-order valence-electron chi connectivity index (χ1n) is 7.10. The first-order valence-corrected chi connectivity index (χ1v) is 7.10. The van der Waals surface area contributed by atoms with Crippen molar-refractivity contribution in [2.45, 2.75) is 45.3 Å². The van der Waals surface area contributed by atoms with Gasteiger partial charge in [-0.25, -0.2) is 4.39 Å². The van der Waals surface area contributed by atoms with E-state index in [1.165, 1.54) is 0 Å². The predicted octanol–water partition coefficient (Wildman–Crippen LogP) is 2.12. The molecule has 0 radical (unpaired) electrons. The molecule has 0 N–H and O–H groups in total. The molecule has 2 aliphatic heterocycles. The van der Waals surface area contributed by atoms with E-state index in [1.54, 1.807) is 6.07 Å². The zero-order chi connectivity index (χ0) is 14.7. The van der Waals surface area contributed by atoms with Crippen molar-refractivity contribution in [3.63, 3.8) is 0 Å². The first-order chi connectivity index (χ1) is 9.21.